The van der Waals surface area contributed by atoms with Gasteiger partial charge in [0, 0.05) is 6.07 Å². The van der Waals surface area contributed by atoms with Crippen molar-refractivity contribution in [3.63, 3.8) is 0 Å². The zero-order chi connectivity index (χ0) is 17.7. The smallest absolute Gasteiger partial charge is 0.279 e. The van der Waals surface area contributed by atoms with Gasteiger partial charge >= 0.3 is 0 Å². The van der Waals surface area contributed by atoms with Gasteiger partial charge in [-0.3, -0.25) is 14.8 Å². The van der Waals surface area contributed by atoms with Crippen LogP contribution in [-0.2, 0) is 16.4 Å². The molecule has 0 aliphatic rings. The first kappa shape index (κ1) is 18.2. The Labute approximate surface area is 145 Å². The van der Waals surface area contributed by atoms with Crippen molar-refractivity contribution in [2.45, 2.75) is 31.1 Å². The number of unbranched alkanes of at least 4 members (excludes halogenated alkanes) is 1. The molecule has 0 radical (unpaired) electrons. The molecular formula is C16H17ClN2O4S. The van der Waals surface area contributed by atoms with Gasteiger partial charge in [0.2, 0.25) is 0 Å². The van der Waals surface area contributed by atoms with E-state index in [1.54, 1.807) is 12.1 Å². The van der Waals surface area contributed by atoms with Crippen LogP contribution in [-0.4, -0.2) is 13.3 Å². The molecule has 0 amide bonds. The number of aryl methyl sites for hydroxylation is 1. The minimum Gasteiger partial charge on any atom is -0.279 e. The molecule has 0 fully saturated rings. The fourth-order valence-electron chi connectivity index (χ4n) is 2.15. The number of hydrogen-bond donors (Lipinski definition) is 1. The maximum Gasteiger partial charge on any atom is 0.289 e. The number of rotatable bonds is 7. The Morgan fingerprint density at radius 3 is 2.42 bits per heavy atom. The van der Waals surface area contributed by atoms with Gasteiger partial charge in [0.1, 0.15) is 5.02 Å². The molecule has 0 aromatic heterocycles. The Balaban J connectivity index is 2.22. The van der Waals surface area contributed by atoms with Gasteiger partial charge in [-0.25, -0.2) is 8.42 Å². The van der Waals surface area contributed by atoms with E-state index in [-0.39, 0.29) is 21.3 Å². The highest BCUT2D eigenvalue weighted by atomic mass is 35.5. The van der Waals surface area contributed by atoms with Gasteiger partial charge in [-0.05, 0) is 42.7 Å². The Hall–Kier alpha value is -2.12. The fourth-order valence-corrected chi connectivity index (χ4v) is 3.38. The number of nitro benzene ring substituents is 1. The lowest BCUT2D eigenvalue weighted by molar-refractivity contribution is -0.384. The zero-order valence-corrected chi connectivity index (χ0v) is 14.6. The van der Waals surface area contributed by atoms with E-state index in [1.807, 2.05) is 0 Å². The summed E-state index contributed by atoms with van der Waals surface area (Å²) in [6.07, 6.45) is 3.00. The summed E-state index contributed by atoms with van der Waals surface area (Å²) in [4.78, 5) is 10.3. The second kappa shape index (κ2) is 7.63. The predicted octanol–water partition coefficient (Wildman–Crippen LogP) is 4.39. The topological polar surface area (TPSA) is 89.3 Å². The van der Waals surface area contributed by atoms with Crippen molar-refractivity contribution in [2.24, 2.45) is 0 Å². The molecular weight excluding hydrogens is 352 g/mol. The third-order valence-corrected chi connectivity index (χ3v) is 5.16. The summed E-state index contributed by atoms with van der Waals surface area (Å²) in [5.41, 5.74) is 0.797. The maximum absolute atomic E-state index is 12.4. The van der Waals surface area contributed by atoms with E-state index in [0.29, 0.717) is 0 Å². The first-order valence-electron chi connectivity index (χ1n) is 7.39. The van der Waals surface area contributed by atoms with Crippen LogP contribution in [0.5, 0.6) is 0 Å². The Bertz CT molecular complexity index is 836. The summed E-state index contributed by atoms with van der Waals surface area (Å²) in [6.45, 7) is 2.09. The number of nitrogens with zero attached hydrogens (tertiary/aromatic N) is 1. The standard InChI is InChI=1S/C16H17ClN2O4S/c1-2-3-4-12-5-8-14(9-6-12)24(22,23)18-13-7-10-15(17)16(11-13)19(20)21/h5-11,18H,2-4H2,1H3. The van der Waals surface area contributed by atoms with Crippen LogP contribution >= 0.6 is 11.6 Å². The van der Waals surface area contributed by atoms with Crippen molar-refractivity contribution in [1.29, 1.82) is 0 Å². The molecule has 24 heavy (non-hydrogen) atoms. The number of benzene rings is 2. The molecule has 2 aromatic carbocycles. The maximum atomic E-state index is 12.4. The van der Waals surface area contributed by atoms with Gasteiger partial charge in [-0.2, -0.15) is 0 Å². The SMILES string of the molecule is CCCCc1ccc(S(=O)(=O)Nc2ccc(Cl)c([N+](=O)[O-])c2)cc1. The zero-order valence-electron chi connectivity index (χ0n) is 13.0. The molecule has 0 atom stereocenters. The lowest BCUT2D eigenvalue weighted by Crippen LogP contribution is -2.13. The van der Waals surface area contributed by atoms with Gasteiger partial charge in [0.05, 0.1) is 15.5 Å². The van der Waals surface area contributed by atoms with Crippen LogP contribution in [0, 0.1) is 10.1 Å². The van der Waals surface area contributed by atoms with E-state index in [2.05, 4.69) is 11.6 Å². The van der Waals surface area contributed by atoms with Crippen LogP contribution in [0.4, 0.5) is 11.4 Å². The molecule has 0 bridgehead atoms. The molecule has 0 saturated carbocycles. The largest absolute Gasteiger partial charge is 0.289 e. The van der Waals surface area contributed by atoms with Gasteiger partial charge in [-0.1, -0.05) is 37.1 Å². The molecule has 0 heterocycles. The summed E-state index contributed by atoms with van der Waals surface area (Å²) in [6, 6.07) is 10.3. The van der Waals surface area contributed by atoms with Crippen LogP contribution < -0.4 is 4.72 Å². The number of nitrogens with one attached hydrogen (secondary N) is 1. The molecule has 0 unspecified atom stereocenters. The molecule has 8 heteroatoms. The first-order chi connectivity index (χ1) is 11.3. The molecule has 0 spiro atoms. The quantitative estimate of drug-likeness (QED) is 0.579. The summed E-state index contributed by atoms with van der Waals surface area (Å²) < 4.78 is 27.1. The third-order valence-electron chi connectivity index (χ3n) is 3.45. The van der Waals surface area contributed by atoms with Crippen molar-refractivity contribution >= 4 is 33.0 Å². The number of hydrogen-bond acceptors (Lipinski definition) is 4. The Morgan fingerprint density at radius 1 is 1.17 bits per heavy atom. The lowest BCUT2D eigenvalue weighted by atomic mass is 10.1. The molecule has 2 aromatic rings. The molecule has 2 rings (SSSR count). The third kappa shape index (κ3) is 4.46. The van der Waals surface area contributed by atoms with Crippen molar-refractivity contribution in [2.75, 3.05) is 4.72 Å². The van der Waals surface area contributed by atoms with Gasteiger partial charge in [0.15, 0.2) is 0 Å². The number of nitro groups is 1. The number of halogens is 1. The van der Waals surface area contributed by atoms with E-state index in [4.69, 9.17) is 11.6 Å². The number of anilines is 1. The molecule has 6 nitrogen and oxygen atoms in total. The highest BCUT2D eigenvalue weighted by Crippen LogP contribution is 2.28. The number of sulfonamides is 1. The first-order valence-corrected chi connectivity index (χ1v) is 9.25. The molecule has 0 aliphatic carbocycles. The van der Waals surface area contributed by atoms with E-state index in [9.17, 15) is 18.5 Å². The molecule has 0 saturated heterocycles. The van der Waals surface area contributed by atoms with Gasteiger partial charge in [-0.15, -0.1) is 0 Å². The van der Waals surface area contributed by atoms with Crippen LogP contribution in [0.3, 0.4) is 0 Å². The molecule has 0 aliphatic heterocycles. The monoisotopic (exact) mass is 368 g/mol. The second-order valence-electron chi connectivity index (χ2n) is 5.28. The van der Waals surface area contributed by atoms with Crippen molar-refractivity contribution in [1.82, 2.24) is 0 Å². The van der Waals surface area contributed by atoms with E-state index < -0.39 is 14.9 Å². The van der Waals surface area contributed by atoms with Gasteiger partial charge < -0.3 is 0 Å². The Morgan fingerprint density at radius 2 is 1.83 bits per heavy atom. The lowest BCUT2D eigenvalue weighted by Gasteiger charge is -2.09. The summed E-state index contributed by atoms with van der Waals surface area (Å²) >= 11 is 5.72. The predicted molar refractivity (Wildman–Crippen MR) is 94.0 cm³/mol. The van der Waals surface area contributed by atoms with Crippen molar-refractivity contribution in [3.8, 4) is 0 Å². The van der Waals surface area contributed by atoms with E-state index in [1.165, 1.54) is 24.3 Å². The highest BCUT2D eigenvalue weighted by molar-refractivity contribution is 7.92. The van der Waals surface area contributed by atoms with E-state index >= 15 is 0 Å². The highest BCUT2D eigenvalue weighted by Gasteiger charge is 2.18. The van der Waals surface area contributed by atoms with Crippen LogP contribution in [0.15, 0.2) is 47.4 Å². The summed E-state index contributed by atoms with van der Waals surface area (Å²) in [5.74, 6) is 0. The van der Waals surface area contributed by atoms with Gasteiger partial charge in [0.25, 0.3) is 15.7 Å². The van der Waals surface area contributed by atoms with Crippen LogP contribution in [0.25, 0.3) is 0 Å². The second-order valence-corrected chi connectivity index (χ2v) is 7.37. The van der Waals surface area contributed by atoms with E-state index in [0.717, 1.165) is 30.9 Å². The summed E-state index contributed by atoms with van der Waals surface area (Å²) in [5, 5.41) is 10.8. The fraction of sp³-hybridized carbons (Fsp3) is 0.250. The Kier molecular flexibility index (Phi) is 5.80. The average molecular weight is 369 g/mol. The van der Waals surface area contributed by atoms with Crippen molar-refractivity contribution in [3.05, 3.63) is 63.2 Å². The molecule has 128 valence electrons. The minimum atomic E-state index is -3.82. The van der Waals surface area contributed by atoms with Crippen LogP contribution in [0.1, 0.15) is 25.3 Å². The normalized spacial score (nSPS) is 11.2. The van der Waals surface area contributed by atoms with Crippen LogP contribution in [0.2, 0.25) is 5.02 Å². The summed E-state index contributed by atoms with van der Waals surface area (Å²) in [7, 11) is -3.82. The average Bonchev–Trinajstić information content (AvgIpc) is 2.54. The minimum absolute atomic E-state index is 0.0526. The van der Waals surface area contributed by atoms with Crippen molar-refractivity contribution < 1.29 is 13.3 Å². The molecule has 1 N–H and O–H groups in total.